The number of hydrogen-bond acceptors (Lipinski definition) is 2. The summed E-state index contributed by atoms with van der Waals surface area (Å²) in [6.07, 6.45) is 6.70. The van der Waals surface area contributed by atoms with Crippen LogP contribution >= 0.6 is 0 Å². The van der Waals surface area contributed by atoms with Crippen LogP contribution in [0.3, 0.4) is 0 Å². The highest BCUT2D eigenvalue weighted by atomic mass is 16.1. The highest BCUT2D eigenvalue weighted by Crippen LogP contribution is 2.63. The molecule has 2 heteroatoms. The first-order valence-corrected chi connectivity index (χ1v) is 8.87. The summed E-state index contributed by atoms with van der Waals surface area (Å²) >= 11 is 0. The topological polar surface area (TPSA) is 34.1 Å². The molecule has 0 bridgehead atoms. The van der Waals surface area contributed by atoms with E-state index in [0.717, 1.165) is 44.9 Å². The van der Waals surface area contributed by atoms with Crippen LogP contribution in [0.1, 0.15) is 72.6 Å². The van der Waals surface area contributed by atoms with Gasteiger partial charge in [-0.2, -0.15) is 0 Å². The minimum atomic E-state index is -0.126. The molecule has 3 saturated carbocycles. The molecule has 0 aromatic rings. The highest BCUT2D eigenvalue weighted by Gasteiger charge is 2.59. The summed E-state index contributed by atoms with van der Waals surface area (Å²) in [4.78, 5) is 24.8. The summed E-state index contributed by atoms with van der Waals surface area (Å²) < 4.78 is 0. The van der Waals surface area contributed by atoms with Crippen LogP contribution in [0.15, 0.2) is 0 Å². The lowest BCUT2D eigenvalue weighted by Crippen LogP contribution is -2.54. The second-order valence-corrected chi connectivity index (χ2v) is 8.67. The maximum absolute atomic E-state index is 12.7. The average Bonchev–Trinajstić information content (AvgIpc) is 2.70. The van der Waals surface area contributed by atoms with E-state index >= 15 is 0 Å². The van der Waals surface area contributed by atoms with Crippen molar-refractivity contribution in [3.05, 3.63) is 0 Å². The van der Waals surface area contributed by atoms with E-state index < -0.39 is 0 Å². The molecule has 0 heterocycles. The summed E-state index contributed by atoms with van der Waals surface area (Å²) in [6, 6.07) is 0. The normalized spacial score (nSPS) is 49.9. The van der Waals surface area contributed by atoms with E-state index in [4.69, 9.17) is 0 Å². The Balaban J connectivity index is 1.97. The van der Waals surface area contributed by atoms with Crippen molar-refractivity contribution in [3.8, 4) is 0 Å². The van der Waals surface area contributed by atoms with E-state index in [1.165, 1.54) is 0 Å². The number of carbonyl (C=O) groups is 2. The molecule has 4 unspecified atom stereocenters. The molecular formula is C19H30O2. The summed E-state index contributed by atoms with van der Waals surface area (Å²) in [5.41, 5.74) is 0.0961. The predicted molar refractivity (Wildman–Crippen MR) is 83.9 cm³/mol. The number of fused-ring (bicyclic) bond motifs is 3. The molecule has 0 aromatic heterocycles. The number of ketones is 2. The molecule has 3 aliphatic rings. The summed E-state index contributed by atoms with van der Waals surface area (Å²) in [6.45, 7) is 9.01. The third-order valence-electron chi connectivity index (χ3n) is 7.29. The van der Waals surface area contributed by atoms with Crippen molar-refractivity contribution in [1.29, 1.82) is 0 Å². The van der Waals surface area contributed by atoms with Gasteiger partial charge in [-0.1, -0.05) is 34.1 Å². The Morgan fingerprint density at radius 1 is 1.14 bits per heavy atom. The Morgan fingerprint density at radius 2 is 1.86 bits per heavy atom. The SMILES string of the molecule is CCC[C@@]1(C)C(=O)CC(C)C2C3CC(=O)C[C@@]3(C)CCC21. The molecule has 3 aliphatic carbocycles. The van der Waals surface area contributed by atoms with Crippen LogP contribution < -0.4 is 0 Å². The van der Waals surface area contributed by atoms with Crippen molar-refractivity contribution in [2.24, 2.45) is 34.5 Å². The van der Waals surface area contributed by atoms with Gasteiger partial charge in [-0.3, -0.25) is 9.59 Å². The molecule has 0 saturated heterocycles. The average molecular weight is 290 g/mol. The first kappa shape index (κ1) is 15.2. The van der Waals surface area contributed by atoms with Gasteiger partial charge in [0.1, 0.15) is 11.6 Å². The largest absolute Gasteiger partial charge is 0.300 e. The minimum Gasteiger partial charge on any atom is -0.300 e. The van der Waals surface area contributed by atoms with Crippen LogP contribution in [0.2, 0.25) is 0 Å². The third kappa shape index (κ3) is 2.12. The summed E-state index contributed by atoms with van der Waals surface area (Å²) in [7, 11) is 0. The van der Waals surface area contributed by atoms with Crippen molar-refractivity contribution < 1.29 is 9.59 Å². The molecule has 3 rings (SSSR count). The number of Topliss-reactive ketones (excluding diaryl/α,β-unsaturated/α-hetero) is 2. The maximum atomic E-state index is 12.7. The van der Waals surface area contributed by atoms with Crippen molar-refractivity contribution in [2.45, 2.75) is 72.6 Å². The molecule has 118 valence electrons. The Morgan fingerprint density at radius 3 is 2.52 bits per heavy atom. The van der Waals surface area contributed by atoms with E-state index in [-0.39, 0.29) is 10.8 Å². The number of carbonyl (C=O) groups excluding carboxylic acids is 2. The van der Waals surface area contributed by atoms with Crippen LogP contribution in [-0.2, 0) is 9.59 Å². The monoisotopic (exact) mass is 290 g/mol. The number of rotatable bonds is 2. The zero-order valence-corrected chi connectivity index (χ0v) is 14.1. The number of hydrogen-bond donors (Lipinski definition) is 0. The fourth-order valence-electron chi connectivity index (χ4n) is 6.23. The van der Waals surface area contributed by atoms with Crippen molar-refractivity contribution in [3.63, 3.8) is 0 Å². The van der Waals surface area contributed by atoms with Crippen LogP contribution in [0.25, 0.3) is 0 Å². The van der Waals surface area contributed by atoms with Gasteiger partial charge < -0.3 is 0 Å². The van der Waals surface area contributed by atoms with Crippen molar-refractivity contribution in [2.75, 3.05) is 0 Å². The van der Waals surface area contributed by atoms with Gasteiger partial charge in [0.25, 0.3) is 0 Å². The molecule has 0 spiro atoms. The molecule has 3 fully saturated rings. The van der Waals surface area contributed by atoms with Gasteiger partial charge in [-0.25, -0.2) is 0 Å². The lowest BCUT2D eigenvalue weighted by atomic mass is 9.47. The van der Waals surface area contributed by atoms with Crippen LogP contribution in [0.5, 0.6) is 0 Å². The maximum Gasteiger partial charge on any atom is 0.139 e. The Hall–Kier alpha value is -0.660. The van der Waals surface area contributed by atoms with Crippen molar-refractivity contribution >= 4 is 11.6 Å². The first-order chi connectivity index (χ1) is 9.82. The molecular weight excluding hydrogens is 260 g/mol. The van der Waals surface area contributed by atoms with Gasteiger partial charge in [0.05, 0.1) is 0 Å². The molecule has 6 atom stereocenters. The lowest BCUT2D eigenvalue weighted by molar-refractivity contribution is -0.150. The van der Waals surface area contributed by atoms with Crippen molar-refractivity contribution in [1.82, 2.24) is 0 Å². The Bertz CT molecular complexity index is 468. The van der Waals surface area contributed by atoms with E-state index in [9.17, 15) is 9.59 Å². The zero-order chi connectivity index (χ0) is 15.4. The lowest BCUT2D eigenvalue weighted by Gasteiger charge is -2.56. The van der Waals surface area contributed by atoms with E-state index in [0.29, 0.717) is 35.2 Å². The Kier molecular flexibility index (Phi) is 3.58. The van der Waals surface area contributed by atoms with Gasteiger partial charge in [0.2, 0.25) is 0 Å². The quantitative estimate of drug-likeness (QED) is 0.754. The predicted octanol–water partition coefficient (Wildman–Crippen LogP) is 4.41. The highest BCUT2D eigenvalue weighted by molar-refractivity contribution is 5.86. The van der Waals surface area contributed by atoms with E-state index in [1.54, 1.807) is 0 Å². The minimum absolute atomic E-state index is 0.126. The second-order valence-electron chi connectivity index (χ2n) is 8.67. The van der Waals surface area contributed by atoms with Gasteiger partial charge >= 0.3 is 0 Å². The Labute approximate surface area is 129 Å². The van der Waals surface area contributed by atoms with Gasteiger partial charge in [-0.05, 0) is 48.3 Å². The second kappa shape index (κ2) is 4.93. The fourth-order valence-corrected chi connectivity index (χ4v) is 6.23. The standard InChI is InChI=1S/C19H30O2/c1-5-7-19(4)14-6-8-18(3)11-13(20)10-15(18)17(14)12(2)9-16(19)21/h12,14-15,17H,5-11H2,1-4H3/t12?,14?,15?,17?,18-,19-/m1/s1. The smallest absolute Gasteiger partial charge is 0.139 e. The zero-order valence-electron chi connectivity index (χ0n) is 14.1. The summed E-state index contributed by atoms with van der Waals surface area (Å²) in [5.74, 6) is 3.04. The van der Waals surface area contributed by atoms with E-state index in [1.807, 2.05) is 0 Å². The molecule has 21 heavy (non-hydrogen) atoms. The fraction of sp³-hybridized carbons (Fsp3) is 0.895. The van der Waals surface area contributed by atoms with Crippen LogP contribution in [0.4, 0.5) is 0 Å². The van der Waals surface area contributed by atoms with Gasteiger partial charge in [0.15, 0.2) is 0 Å². The first-order valence-electron chi connectivity index (χ1n) is 8.87. The molecule has 0 amide bonds. The van der Waals surface area contributed by atoms with E-state index in [2.05, 4.69) is 27.7 Å². The molecule has 0 N–H and O–H groups in total. The molecule has 2 nitrogen and oxygen atoms in total. The molecule has 0 aliphatic heterocycles. The summed E-state index contributed by atoms with van der Waals surface area (Å²) in [5, 5.41) is 0. The molecule has 0 aromatic carbocycles. The third-order valence-corrected chi connectivity index (χ3v) is 7.29. The molecule has 0 radical (unpaired) electrons. The van der Waals surface area contributed by atoms with Crippen LogP contribution in [-0.4, -0.2) is 11.6 Å². The van der Waals surface area contributed by atoms with Gasteiger partial charge in [0, 0.05) is 24.7 Å². The van der Waals surface area contributed by atoms with Gasteiger partial charge in [-0.15, -0.1) is 0 Å². The van der Waals surface area contributed by atoms with Crippen LogP contribution in [0, 0.1) is 34.5 Å².